The van der Waals surface area contributed by atoms with Gasteiger partial charge < -0.3 is 4.90 Å². The topological polar surface area (TPSA) is 34.0 Å². The molecule has 0 aliphatic rings. The molecule has 0 aliphatic carbocycles. The summed E-state index contributed by atoms with van der Waals surface area (Å²) in [6.45, 7) is 10.1. The highest BCUT2D eigenvalue weighted by atomic mass is 15.3. The Morgan fingerprint density at radius 3 is 2.70 bits per heavy atom. The lowest BCUT2D eigenvalue weighted by Gasteiger charge is -2.24. The number of aryl methyl sites for hydroxylation is 2. The van der Waals surface area contributed by atoms with Crippen LogP contribution in [0.5, 0.6) is 0 Å². The smallest absolute Gasteiger partial charge is 0.0910 e. The lowest BCUT2D eigenvalue weighted by atomic mass is 10.0. The monoisotopic (exact) mass is 310 g/mol. The predicted octanol–water partition coefficient (Wildman–Crippen LogP) is 4.36. The van der Waals surface area contributed by atoms with Gasteiger partial charge in [0.2, 0.25) is 0 Å². The Balaban J connectivity index is 2.66. The van der Waals surface area contributed by atoms with Gasteiger partial charge in [-0.05, 0) is 38.8 Å². The Morgan fingerprint density at radius 2 is 2.09 bits per heavy atom. The van der Waals surface area contributed by atoms with Gasteiger partial charge in [-0.3, -0.25) is 4.98 Å². The number of hydrogen-bond donors (Lipinski definition) is 0. The molecule has 122 valence electrons. The van der Waals surface area contributed by atoms with Crippen molar-refractivity contribution in [2.45, 2.75) is 40.0 Å². The second-order valence-electron chi connectivity index (χ2n) is 5.70. The summed E-state index contributed by atoms with van der Waals surface area (Å²) >= 11 is 0. The SMILES string of the molecule is C=C/C=C\N(C)c1c(C)nc(C)c(-n2cccn2)c1CCCC. The molecule has 0 aromatic carbocycles. The van der Waals surface area contributed by atoms with E-state index in [1.54, 1.807) is 6.08 Å². The molecule has 0 spiro atoms. The van der Waals surface area contributed by atoms with Gasteiger partial charge in [0, 0.05) is 31.2 Å². The largest absolute Gasteiger partial charge is 0.349 e. The Kier molecular flexibility index (Phi) is 5.74. The van der Waals surface area contributed by atoms with Crippen LogP contribution >= 0.6 is 0 Å². The first-order valence-electron chi connectivity index (χ1n) is 8.12. The maximum Gasteiger partial charge on any atom is 0.0910 e. The summed E-state index contributed by atoms with van der Waals surface area (Å²) < 4.78 is 1.93. The zero-order chi connectivity index (χ0) is 16.8. The van der Waals surface area contributed by atoms with Crippen molar-refractivity contribution in [1.82, 2.24) is 14.8 Å². The van der Waals surface area contributed by atoms with Crippen molar-refractivity contribution < 1.29 is 0 Å². The lowest BCUT2D eigenvalue weighted by molar-refractivity contribution is 0.766. The van der Waals surface area contributed by atoms with Crippen molar-refractivity contribution in [1.29, 1.82) is 0 Å². The van der Waals surface area contributed by atoms with Crippen molar-refractivity contribution in [3.8, 4) is 5.69 Å². The number of aromatic nitrogens is 3. The first-order valence-corrected chi connectivity index (χ1v) is 8.12. The van der Waals surface area contributed by atoms with Crippen LogP contribution in [0.4, 0.5) is 5.69 Å². The first kappa shape index (κ1) is 17.0. The average molecular weight is 310 g/mol. The summed E-state index contributed by atoms with van der Waals surface area (Å²) in [4.78, 5) is 6.89. The van der Waals surface area contributed by atoms with E-state index in [0.717, 1.165) is 42.0 Å². The van der Waals surface area contributed by atoms with E-state index in [0.29, 0.717) is 0 Å². The normalized spacial score (nSPS) is 11.1. The molecule has 2 aromatic rings. The van der Waals surface area contributed by atoms with Gasteiger partial charge in [0.05, 0.1) is 22.8 Å². The molecule has 0 amide bonds. The molecule has 0 fully saturated rings. The molecule has 2 heterocycles. The molecule has 0 saturated carbocycles. The van der Waals surface area contributed by atoms with Crippen molar-refractivity contribution in [3.63, 3.8) is 0 Å². The number of nitrogens with zero attached hydrogens (tertiary/aromatic N) is 4. The van der Waals surface area contributed by atoms with Crippen LogP contribution in [-0.4, -0.2) is 21.8 Å². The van der Waals surface area contributed by atoms with E-state index in [-0.39, 0.29) is 0 Å². The molecular weight excluding hydrogens is 284 g/mol. The fourth-order valence-electron chi connectivity index (χ4n) is 2.93. The second kappa shape index (κ2) is 7.77. The van der Waals surface area contributed by atoms with Crippen molar-refractivity contribution >= 4 is 5.69 Å². The van der Waals surface area contributed by atoms with Crippen LogP contribution in [0.3, 0.4) is 0 Å². The molecule has 0 bridgehead atoms. The predicted molar refractivity (Wildman–Crippen MR) is 97.2 cm³/mol. The van der Waals surface area contributed by atoms with Crippen LogP contribution in [0.25, 0.3) is 5.69 Å². The summed E-state index contributed by atoms with van der Waals surface area (Å²) in [6.07, 6.45) is 12.9. The summed E-state index contributed by atoms with van der Waals surface area (Å²) in [7, 11) is 2.06. The standard InChI is InChI=1S/C19H26N4/c1-6-8-11-17-18(22(5)13-9-7-2)15(3)21-16(4)19(17)23-14-10-12-20-23/h7,9-10,12-14H,2,6,8,11H2,1,3-5H3/b13-9-. The minimum absolute atomic E-state index is 1.01. The van der Waals surface area contributed by atoms with E-state index < -0.39 is 0 Å². The molecule has 2 aromatic heterocycles. The quantitative estimate of drug-likeness (QED) is 0.712. The number of pyridine rings is 1. The van der Waals surface area contributed by atoms with Gasteiger partial charge in [-0.25, -0.2) is 4.68 Å². The third-order valence-electron chi connectivity index (χ3n) is 3.90. The molecular formula is C19H26N4. The van der Waals surface area contributed by atoms with Gasteiger partial charge in [0.25, 0.3) is 0 Å². The molecule has 0 N–H and O–H groups in total. The number of allylic oxidation sites excluding steroid dienone is 2. The van der Waals surface area contributed by atoms with Gasteiger partial charge >= 0.3 is 0 Å². The van der Waals surface area contributed by atoms with Crippen molar-refractivity contribution in [3.05, 3.63) is 60.3 Å². The van der Waals surface area contributed by atoms with Crippen LogP contribution in [-0.2, 0) is 6.42 Å². The van der Waals surface area contributed by atoms with E-state index >= 15 is 0 Å². The van der Waals surface area contributed by atoms with E-state index in [1.165, 1.54) is 5.56 Å². The molecule has 0 saturated heterocycles. The maximum atomic E-state index is 4.77. The average Bonchev–Trinajstić information content (AvgIpc) is 3.04. The highest BCUT2D eigenvalue weighted by molar-refractivity contribution is 5.66. The van der Waals surface area contributed by atoms with Gasteiger partial charge in [-0.15, -0.1) is 0 Å². The Bertz CT molecular complexity index is 684. The van der Waals surface area contributed by atoms with E-state index in [2.05, 4.69) is 44.4 Å². The maximum absolute atomic E-state index is 4.77. The molecule has 0 atom stereocenters. The third-order valence-corrected chi connectivity index (χ3v) is 3.90. The molecule has 0 radical (unpaired) electrons. The number of rotatable bonds is 7. The van der Waals surface area contributed by atoms with Gasteiger partial charge in [-0.2, -0.15) is 5.10 Å². The van der Waals surface area contributed by atoms with Crippen LogP contribution in [0.2, 0.25) is 0 Å². The minimum Gasteiger partial charge on any atom is -0.349 e. The Morgan fingerprint density at radius 1 is 1.30 bits per heavy atom. The third kappa shape index (κ3) is 3.70. The number of unbranched alkanes of at least 4 members (excludes halogenated alkanes) is 1. The Labute approximate surface area is 139 Å². The summed E-state index contributed by atoms with van der Waals surface area (Å²) in [5.41, 5.74) is 5.62. The van der Waals surface area contributed by atoms with Crippen LogP contribution in [0.1, 0.15) is 36.7 Å². The molecule has 23 heavy (non-hydrogen) atoms. The summed E-state index contributed by atoms with van der Waals surface area (Å²) in [5.74, 6) is 0. The highest BCUT2D eigenvalue weighted by Crippen LogP contribution is 2.32. The lowest BCUT2D eigenvalue weighted by Crippen LogP contribution is -2.17. The molecule has 4 nitrogen and oxygen atoms in total. The molecule has 0 aliphatic heterocycles. The fraction of sp³-hybridized carbons (Fsp3) is 0.368. The van der Waals surface area contributed by atoms with Crippen LogP contribution in [0, 0.1) is 13.8 Å². The first-order chi connectivity index (χ1) is 11.1. The zero-order valence-electron chi connectivity index (χ0n) is 14.6. The molecule has 4 heteroatoms. The zero-order valence-corrected chi connectivity index (χ0v) is 14.6. The van der Waals surface area contributed by atoms with E-state index in [9.17, 15) is 0 Å². The van der Waals surface area contributed by atoms with Crippen LogP contribution < -0.4 is 4.90 Å². The summed E-state index contributed by atoms with van der Waals surface area (Å²) in [5, 5.41) is 4.43. The molecule has 0 unspecified atom stereocenters. The molecule has 2 rings (SSSR count). The fourth-order valence-corrected chi connectivity index (χ4v) is 2.93. The van der Waals surface area contributed by atoms with E-state index in [1.807, 2.05) is 35.4 Å². The minimum atomic E-state index is 1.01. The Hall–Kier alpha value is -2.36. The number of hydrogen-bond acceptors (Lipinski definition) is 3. The second-order valence-corrected chi connectivity index (χ2v) is 5.70. The van der Waals surface area contributed by atoms with Gasteiger partial charge in [0.1, 0.15) is 0 Å². The number of anilines is 1. The summed E-state index contributed by atoms with van der Waals surface area (Å²) in [6, 6.07) is 1.95. The van der Waals surface area contributed by atoms with E-state index in [4.69, 9.17) is 4.98 Å². The van der Waals surface area contributed by atoms with Crippen molar-refractivity contribution in [2.24, 2.45) is 0 Å². The van der Waals surface area contributed by atoms with Gasteiger partial charge in [-0.1, -0.05) is 26.0 Å². The van der Waals surface area contributed by atoms with Gasteiger partial charge in [0.15, 0.2) is 0 Å². The highest BCUT2D eigenvalue weighted by Gasteiger charge is 2.19. The van der Waals surface area contributed by atoms with Crippen LogP contribution in [0.15, 0.2) is 43.4 Å². The van der Waals surface area contributed by atoms with Crippen molar-refractivity contribution in [2.75, 3.05) is 11.9 Å².